The Hall–Kier alpha value is -1.96. The Morgan fingerprint density at radius 3 is 2.94 bits per heavy atom. The molecule has 1 radical (unpaired) electrons. The van der Waals surface area contributed by atoms with Crippen LogP contribution in [0.2, 0.25) is 0 Å². The number of hydrogen-bond acceptors (Lipinski definition) is 7. The molecule has 1 aromatic rings. The first-order chi connectivity index (χ1) is 8.08. The maximum Gasteiger partial charge on any atom is 0.347 e. The first-order valence-electron chi connectivity index (χ1n) is 4.64. The van der Waals surface area contributed by atoms with Gasteiger partial charge < -0.3 is 15.7 Å². The van der Waals surface area contributed by atoms with Crippen molar-refractivity contribution < 1.29 is 19.5 Å². The molecule has 0 saturated carbocycles. The van der Waals surface area contributed by atoms with Gasteiger partial charge in [-0.3, -0.25) is 4.79 Å². The molecule has 17 heavy (non-hydrogen) atoms. The van der Waals surface area contributed by atoms with Gasteiger partial charge in [0.05, 0.1) is 0 Å². The Bertz CT molecular complexity index is 443. The number of carboxylic acid groups (broad SMARTS) is 1. The lowest BCUT2D eigenvalue weighted by Gasteiger charge is -2.06. The van der Waals surface area contributed by atoms with Crippen molar-refractivity contribution in [2.75, 3.05) is 5.73 Å². The Kier molecular flexibility index (Phi) is 4.58. The molecule has 0 aliphatic heterocycles. The van der Waals surface area contributed by atoms with Crippen molar-refractivity contribution in [3.05, 3.63) is 11.1 Å². The molecule has 1 atom stereocenters. The van der Waals surface area contributed by atoms with Crippen LogP contribution in [0.4, 0.5) is 5.13 Å². The van der Waals surface area contributed by atoms with E-state index in [0.29, 0.717) is 0 Å². The number of anilines is 1. The Balaban J connectivity index is 2.80. The van der Waals surface area contributed by atoms with Crippen LogP contribution in [0.5, 0.6) is 0 Å². The molecular weight excluding hydrogens is 246 g/mol. The maximum atomic E-state index is 10.6. The zero-order valence-electron chi connectivity index (χ0n) is 8.91. The van der Waals surface area contributed by atoms with Crippen LogP contribution in [-0.2, 0) is 14.4 Å². The summed E-state index contributed by atoms with van der Waals surface area (Å²) in [5, 5.41) is 13.9. The third-order valence-electron chi connectivity index (χ3n) is 1.78. The summed E-state index contributed by atoms with van der Waals surface area (Å²) >= 11 is 1.13. The highest BCUT2D eigenvalue weighted by atomic mass is 32.1. The Labute approximate surface area is 101 Å². The van der Waals surface area contributed by atoms with Gasteiger partial charge in [0.1, 0.15) is 5.69 Å². The number of aromatic nitrogens is 1. The Morgan fingerprint density at radius 2 is 2.53 bits per heavy atom. The average Bonchev–Trinajstić information content (AvgIpc) is 2.71. The second kappa shape index (κ2) is 5.94. The molecular formula is C9H10N3O4S. The van der Waals surface area contributed by atoms with Gasteiger partial charge in [-0.05, 0) is 6.42 Å². The zero-order chi connectivity index (χ0) is 12.8. The predicted molar refractivity (Wildman–Crippen MR) is 61.6 cm³/mol. The van der Waals surface area contributed by atoms with Crippen LogP contribution in [0.3, 0.4) is 0 Å². The van der Waals surface area contributed by atoms with Gasteiger partial charge in [-0.15, -0.1) is 11.3 Å². The van der Waals surface area contributed by atoms with Crippen molar-refractivity contribution in [1.82, 2.24) is 4.98 Å². The number of aliphatic carboxylic acids is 1. The standard InChI is InChI=1S/C9H10N3O4S/c1-2-7(8(14)15)16-12-5(3-13)6-4-17-9(10)11-6/h4,7H,2H2,1H3,(H2,10,11)(H,14,15)/b12-5+. The van der Waals surface area contributed by atoms with Crippen molar-refractivity contribution >= 4 is 34.4 Å². The molecule has 0 aliphatic carbocycles. The highest BCUT2D eigenvalue weighted by Crippen LogP contribution is 2.12. The van der Waals surface area contributed by atoms with Gasteiger partial charge in [-0.2, -0.15) is 0 Å². The fourth-order valence-electron chi connectivity index (χ4n) is 0.925. The predicted octanol–water partition coefficient (Wildman–Crippen LogP) is 0.419. The van der Waals surface area contributed by atoms with E-state index in [1.54, 1.807) is 6.92 Å². The summed E-state index contributed by atoms with van der Waals surface area (Å²) in [7, 11) is 0. The first-order valence-corrected chi connectivity index (χ1v) is 5.52. The summed E-state index contributed by atoms with van der Waals surface area (Å²) in [6, 6.07) is 0. The number of hydrogen-bond donors (Lipinski definition) is 2. The van der Waals surface area contributed by atoms with Crippen LogP contribution >= 0.6 is 11.3 Å². The Morgan fingerprint density at radius 1 is 1.82 bits per heavy atom. The van der Waals surface area contributed by atoms with E-state index in [1.165, 1.54) is 11.7 Å². The molecule has 8 heteroatoms. The summed E-state index contributed by atoms with van der Waals surface area (Å²) in [4.78, 5) is 29.8. The zero-order valence-corrected chi connectivity index (χ0v) is 9.73. The monoisotopic (exact) mass is 256 g/mol. The largest absolute Gasteiger partial charge is 0.478 e. The van der Waals surface area contributed by atoms with E-state index >= 15 is 0 Å². The van der Waals surface area contributed by atoms with Gasteiger partial charge in [0.2, 0.25) is 6.10 Å². The highest BCUT2D eigenvalue weighted by molar-refractivity contribution is 7.13. The molecule has 0 aliphatic rings. The molecule has 1 rings (SSSR count). The summed E-state index contributed by atoms with van der Waals surface area (Å²) in [6.45, 7) is 1.62. The lowest BCUT2D eigenvalue weighted by molar-refractivity contribution is -0.150. The van der Waals surface area contributed by atoms with E-state index in [2.05, 4.69) is 10.1 Å². The molecule has 3 N–H and O–H groups in total. The molecule has 0 spiro atoms. The van der Waals surface area contributed by atoms with Gasteiger partial charge in [-0.1, -0.05) is 12.1 Å². The van der Waals surface area contributed by atoms with Crippen LogP contribution in [0, 0.1) is 0 Å². The number of oxime groups is 1. The SMILES string of the molecule is CCC(O/N=C(\[C]=O)c1csc(N)n1)C(=O)O. The van der Waals surface area contributed by atoms with E-state index in [0.717, 1.165) is 11.3 Å². The minimum Gasteiger partial charge on any atom is -0.478 e. The molecule has 0 fully saturated rings. The topological polar surface area (TPSA) is 115 Å². The van der Waals surface area contributed by atoms with E-state index in [1.807, 2.05) is 0 Å². The number of carboxylic acids is 1. The fraction of sp³-hybridized carbons (Fsp3) is 0.333. The maximum absolute atomic E-state index is 10.6. The van der Waals surface area contributed by atoms with Crippen LogP contribution in [0.25, 0.3) is 0 Å². The molecule has 91 valence electrons. The molecule has 1 heterocycles. The van der Waals surface area contributed by atoms with Crippen molar-refractivity contribution in [3.63, 3.8) is 0 Å². The second-order valence-corrected chi connectivity index (χ2v) is 3.84. The number of carbonyl (C=O) groups excluding carboxylic acids is 1. The normalized spacial score (nSPS) is 13.1. The summed E-state index contributed by atoms with van der Waals surface area (Å²) in [5.74, 6) is -1.15. The van der Waals surface area contributed by atoms with Gasteiger partial charge >= 0.3 is 5.97 Å². The van der Waals surface area contributed by atoms with Gasteiger partial charge in [-0.25, -0.2) is 9.78 Å². The number of nitrogens with two attached hydrogens (primary N) is 1. The summed E-state index contributed by atoms with van der Waals surface area (Å²) in [6.07, 6.45) is 0.645. The van der Waals surface area contributed by atoms with Crippen molar-refractivity contribution in [2.45, 2.75) is 19.4 Å². The third-order valence-corrected chi connectivity index (χ3v) is 2.45. The molecule has 0 bridgehead atoms. The molecule has 0 saturated heterocycles. The number of nitrogen functional groups attached to an aromatic ring is 1. The van der Waals surface area contributed by atoms with E-state index in [9.17, 15) is 9.59 Å². The van der Waals surface area contributed by atoms with Crippen molar-refractivity contribution in [2.24, 2.45) is 5.16 Å². The fourth-order valence-corrected chi connectivity index (χ4v) is 1.47. The number of thiazole rings is 1. The van der Waals surface area contributed by atoms with Crippen molar-refractivity contribution in [1.29, 1.82) is 0 Å². The number of rotatable bonds is 6. The molecule has 1 aromatic heterocycles. The lowest BCUT2D eigenvalue weighted by atomic mass is 10.3. The third kappa shape index (κ3) is 3.52. The van der Waals surface area contributed by atoms with E-state index in [4.69, 9.17) is 15.7 Å². The lowest BCUT2D eigenvalue weighted by Crippen LogP contribution is -2.21. The van der Waals surface area contributed by atoms with Crippen molar-refractivity contribution in [3.8, 4) is 0 Å². The van der Waals surface area contributed by atoms with Gasteiger partial charge in [0.15, 0.2) is 10.8 Å². The molecule has 0 amide bonds. The molecule has 0 aromatic carbocycles. The summed E-state index contributed by atoms with van der Waals surface area (Å²) < 4.78 is 0. The quantitative estimate of drug-likeness (QED) is 0.563. The van der Waals surface area contributed by atoms with Crippen LogP contribution in [-0.4, -0.2) is 34.2 Å². The second-order valence-electron chi connectivity index (χ2n) is 2.95. The van der Waals surface area contributed by atoms with Gasteiger partial charge in [0.25, 0.3) is 6.29 Å². The van der Waals surface area contributed by atoms with E-state index < -0.39 is 12.1 Å². The van der Waals surface area contributed by atoms with Gasteiger partial charge in [0, 0.05) is 5.38 Å². The minimum absolute atomic E-state index is 0.211. The average molecular weight is 256 g/mol. The number of carbonyl (C=O) groups is 1. The first kappa shape index (κ1) is 13.1. The summed E-state index contributed by atoms with van der Waals surface area (Å²) in [5.41, 5.74) is 5.39. The molecule has 7 nitrogen and oxygen atoms in total. The van der Waals surface area contributed by atoms with Crippen LogP contribution in [0.15, 0.2) is 10.5 Å². The smallest absolute Gasteiger partial charge is 0.347 e. The van der Waals surface area contributed by atoms with Crippen LogP contribution < -0.4 is 5.73 Å². The van der Waals surface area contributed by atoms with E-state index in [-0.39, 0.29) is 23.0 Å². The highest BCUT2D eigenvalue weighted by Gasteiger charge is 2.17. The minimum atomic E-state index is -1.15. The molecule has 1 unspecified atom stereocenters. The van der Waals surface area contributed by atoms with Crippen LogP contribution in [0.1, 0.15) is 19.0 Å². The number of nitrogens with zero attached hydrogens (tertiary/aromatic N) is 2.